The Morgan fingerprint density at radius 1 is 1.48 bits per heavy atom. The van der Waals surface area contributed by atoms with Crippen LogP contribution in [0.2, 0.25) is 0 Å². The van der Waals surface area contributed by atoms with E-state index in [4.69, 9.17) is 5.11 Å². The first-order valence-corrected chi connectivity index (χ1v) is 8.72. The second-order valence-electron chi connectivity index (χ2n) is 6.28. The Balaban J connectivity index is 0.00000225. The molecule has 2 saturated heterocycles. The summed E-state index contributed by atoms with van der Waals surface area (Å²) in [6, 6.07) is 1.57. The van der Waals surface area contributed by atoms with Crippen LogP contribution in [0.15, 0.2) is 23.9 Å². The zero-order valence-corrected chi connectivity index (χ0v) is 16.8. The number of fused-ring (bicyclic) bond motifs is 1. The zero-order chi connectivity index (χ0) is 17.9. The molecule has 0 unspecified atom stereocenters. The Hall–Kier alpha value is -1.26. The van der Waals surface area contributed by atoms with Crippen molar-refractivity contribution in [2.45, 2.75) is 36.6 Å². The van der Waals surface area contributed by atoms with Crippen molar-refractivity contribution in [1.82, 2.24) is 9.88 Å². The summed E-state index contributed by atoms with van der Waals surface area (Å²) in [5, 5.41) is 19.2. The number of nitrogens with zero attached hydrogens (tertiary/aromatic N) is 2. The normalized spacial score (nSPS) is 27.4. The summed E-state index contributed by atoms with van der Waals surface area (Å²) < 4.78 is 23.7. The van der Waals surface area contributed by atoms with Crippen LogP contribution in [0.5, 0.6) is 0 Å². The summed E-state index contributed by atoms with van der Waals surface area (Å²) in [6.07, 6.45) is 2.74. The third-order valence-corrected chi connectivity index (χ3v) is 7.28. The molecule has 2 atom stereocenters. The fourth-order valence-electron chi connectivity index (χ4n) is 3.15. The van der Waals surface area contributed by atoms with Gasteiger partial charge < -0.3 is 19.9 Å². The predicted molar refractivity (Wildman–Crippen MR) is 80.6 cm³/mol. The molecule has 0 aliphatic carbocycles. The Kier molecular flexibility index (Phi) is 5.20. The molecule has 0 aromatic carbocycles. The van der Waals surface area contributed by atoms with Gasteiger partial charge in [0.2, 0.25) is 0 Å². The number of hydrogen-bond donors (Lipinski definition) is 1. The minimum atomic E-state index is -3.94. The Morgan fingerprint density at radius 2 is 2.12 bits per heavy atom. The second kappa shape index (κ2) is 6.48. The van der Waals surface area contributed by atoms with Gasteiger partial charge in [0.05, 0.1) is 34.6 Å². The minimum Gasteiger partial charge on any atom is -0.548 e. The van der Waals surface area contributed by atoms with E-state index in [0.29, 0.717) is 11.3 Å². The van der Waals surface area contributed by atoms with Crippen LogP contribution in [0.3, 0.4) is 0 Å². The number of carboxylic acids is 1. The summed E-state index contributed by atoms with van der Waals surface area (Å²) in [5.41, 5.74) is 0.839. The maximum atomic E-state index is 12.7. The van der Waals surface area contributed by atoms with Crippen LogP contribution in [0.4, 0.5) is 0 Å². The standard InChI is InChI=1S/C15H16N2O6S.Na/c1-15(2)11(14(20)21)17-12(19)10(13(17)24(15,22)23)6-9-5-8(7-18)3-4-16-9;/h3-6,11,13,18H,7H2,1-2H3,(H,20,21);/q;+1/p-1/b10-6-;/t11-,13+;/m0./s1. The van der Waals surface area contributed by atoms with Gasteiger partial charge in [0.15, 0.2) is 15.2 Å². The first kappa shape index (κ1) is 20.1. The molecule has 10 heteroatoms. The van der Waals surface area contributed by atoms with Crippen molar-refractivity contribution in [3.63, 3.8) is 0 Å². The van der Waals surface area contributed by atoms with Gasteiger partial charge in [-0.2, -0.15) is 0 Å². The first-order valence-electron chi connectivity index (χ1n) is 7.17. The Bertz CT molecular complexity index is 880. The van der Waals surface area contributed by atoms with Crippen molar-refractivity contribution in [3.8, 4) is 0 Å². The molecule has 3 heterocycles. The number of aromatic nitrogens is 1. The van der Waals surface area contributed by atoms with Crippen molar-refractivity contribution in [1.29, 1.82) is 0 Å². The van der Waals surface area contributed by atoms with Crippen LogP contribution in [0.1, 0.15) is 25.1 Å². The monoisotopic (exact) mass is 374 g/mol. The SMILES string of the molecule is CC1(C)[C@H](C(=O)[O-])N2C(=O)/C(=C/c3cc(CO)ccn3)[C@H]2S1(=O)=O.[Na+]. The quantitative estimate of drug-likeness (QED) is 0.321. The van der Waals surface area contributed by atoms with Gasteiger partial charge in [0.1, 0.15) is 0 Å². The number of carboxylic acid groups (broad SMARTS) is 1. The van der Waals surface area contributed by atoms with Crippen molar-refractivity contribution in [2.24, 2.45) is 0 Å². The fraction of sp³-hybridized carbons (Fsp3) is 0.400. The second-order valence-corrected chi connectivity index (χ2v) is 8.87. The van der Waals surface area contributed by atoms with Crippen LogP contribution in [0.25, 0.3) is 6.08 Å². The summed E-state index contributed by atoms with van der Waals surface area (Å²) in [6.45, 7) is 2.33. The molecule has 2 fully saturated rings. The molecule has 0 saturated carbocycles. The third-order valence-electron chi connectivity index (χ3n) is 4.52. The van der Waals surface area contributed by atoms with Crippen LogP contribution >= 0.6 is 0 Å². The molecule has 1 N–H and O–H groups in total. The zero-order valence-electron chi connectivity index (χ0n) is 14.0. The molecular formula is C15H15N2NaO6S. The van der Waals surface area contributed by atoms with Crippen LogP contribution < -0.4 is 34.7 Å². The Labute approximate surface area is 166 Å². The van der Waals surface area contributed by atoms with E-state index in [2.05, 4.69) is 4.98 Å². The van der Waals surface area contributed by atoms with Gasteiger partial charge >= 0.3 is 29.6 Å². The van der Waals surface area contributed by atoms with E-state index in [1.54, 1.807) is 6.07 Å². The summed E-state index contributed by atoms with van der Waals surface area (Å²) >= 11 is 0. The van der Waals surface area contributed by atoms with Crippen molar-refractivity contribution in [3.05, 3.63) is 35.2 Å². The molecule has 3 rings (SSSR count). The van der Waals surface area contributed by atoms with E-state index < -0.39 is 37.9 Å². The number of pyridine rings is 1. The molecule has 8 nitrogen and oxygen atoms in total. The van der Waals surface area contributed by atoms with Gasteiger partial charge in [0, 0.05) is 6.20 Å². The van der Waals surface area contributed by atoms with E-state index in [9.17, 15) is 23.1 Å². The number of aliphatic hydroxyl groups excluding tert-OH is 1. The molecule has 1 aromatic rings. The maximum Gasteiger partial charge on any atom is 1.00 e. The molecule has 1 amide bonds. The van der Waals surface area contributed by atoms with Crippen molar-refractivity contribution < 1.29 is 57.8 Å². The average Bonchev–Trinajstić information content (AvgIpc) is 2.66. The number of hydrogen-bond acceptors (Lipinski definition) is 7. The molecule has 2 aliphatic heterocycles. The number of amides is 1. The van der Waals surface area contributed by atoms with Gasteiger partial charge in [-0.3, -0.25) is 9.78 Å². The smallest absolute Gasteiger partial charge is 0.548 e. The van der Waals surface area contributed by atoms with E-state index in [0.717, 1.165) is 4.90 Å². The Morgan fingerprint density at radius 3 is 2.68 bits per heavy atom. The van der Waals surface area contributed by atoms with E-state index in [-0.39, 0.29) is 41.7 Å². The summed E-state index contributed by atoms with van der Waals surface area (Å²) in [7, 11) is -3.94. The minimum absolute atomic E-state index is 0. The molecule has 25 heavy (non-hydrogen) atoms. The van der Waals surface area contributed by atoms with Gasteiger partial charge in [-0.1, -0.05) is 0 Å². The predicted octanol–water partition coefficient (Wildman–Crippen LogP) is -4.54. The number of carbonyl (C=O) groups is 2. The number of aliphatic carboxylic acids is 1. The molecule has 128 valence electrons. The van der Waals surface area contributed by atoms with Gasteiger partial charge in [-0.05, 0) is 37.6 Å². The molecule has 0 bridgehead atoms. The van der Waals surface area contributed by atoms with Crippen molar-refractivity contribution >= 4 is 27.8 Å². The molecule has 1 aromatic heterocycles. The van der Waals surface area contributed by atoms with Crippen LogP contribution in [-0.2, 0) is 26.0 Å². The van der Waals surface area contributed by atoms with Crippen LogP contribution in [0, 0.1) is 0 Å². The van der Waals surface area contributed by atoms with Gasteiger partial charge in [-0.15, -0.1) is 0 Å². The van der Waals surface area contributed by atoms with Crippen molar-refractivity contribution in [2.75, 3.05) is 0 Å². The number of carbonyl (C=O) groups excluding carboxylic acids is 2. The first-order chi connectivity index (χ1) is 11.1. The average molecular weight is 374 g/mol. The third kappa shape index (κ3) is 2.74. The van der Waals surface area contributed by atoms with Crippen LogP contribution in [-0.4, -0.2) is 51.4 Å². The molecular weight excluding hydrogens is 359 g/mol. The largest absolute Gasteiger partial charge is 1.00 e. The topological polar surface area (TPSA) is 128 Å². The van der Waals surface area contributed by atoms with E-state index >= 15 is 0 Å². The summed E-state index contributed by atoms with van der Waals surface area (Å²) in [4.78, 5) is 28.5. The molecule has 0 spiro atoms. The number of aliphatic hydroxyl groups is 1. The molecule has 0 radical (unpaired) electrons. The number of rotatable bonds is 3. The number of sulfone groups is 1. The number of β-lactam (4-membered cyclic amide) rings is 1. The summed E-state index contributed by atoms with van der Waals surface area (Å²) in [5.74, 6) is -2.27. The fourth-order valence-corrected chi connectivity index (χ4v) is 5.27. The van der Waals surface area contributed by atoms with Gasteiger partial charge in [0.25, 0.3) is 5.91 Å². The molecule has 2 aliphatic rings. The van der Waals surface area contributed by atoms with Gasteiger partial charge in [-0.25, -0.2) is 8.42 Å². The van der Waals surface area contributed by atoms with E-state index in [1.807, 2.05) is 0 Å². The maximum absolute atomic E-state index is 12.7. The van der Waals surface area contributed by atoms with E-state index in [1.165, 1.54) is 32.2 Å².